The second kappa shape index (κ2) is 4.93. The Morgan fingerprint density at radius 1 is 1.37 bits per heavy atom. The highest BCUT2D eigenvalue weighted by molar-refractivity contribution is 5.82. The van der Waals surface area contributed by atoms with Crippen molar-refractivity contribution in [3.05, 3.63) is 35.6 Å². The van der Waals surface area contributed by atoms with Crippen molar-refractivity contribution in [2.24, 2.45) is 0 Å². The fourth-order valence-corrected chi connectivity index (χ4v) is 2.81. The highest BCUT2D eigenvalue weighted by atomic mass is 19.1. The van der Waals surface area contributed by atoms with E-state index < -0.39 is 0 Å². The van der Waals surface area contributed by atoms with Gasteiger partial charge < -0.3 is 10.6 Å². The second-order valence-electron chi connectivity index (χ2n) is 5.65. The predicted molar refractivity (Wildman–Crippen MR) is 71.3 cm³/mol. The Morgan fingerprint density at radius 2 is 2.11 bits per heavy atom. The van der Waals surface area contributed by atoms with Gasteiger partial charge in [0.1, 0.15) is 5.82 Å². The summed E-state index contributed by atoms with van der Waals surface area (Å²) in [5, 5.41) is 6.24. The van der Waals surface area contributed by atoms with Gasteiger partial charge in [-0.25, -0.2) is 4.39 Å². The molecular formula is C15H19FN2O. The first-order chi connectivity index (χ1) is 9.20. The van der Waals surface area contributed by atoms with Gasteiger partial charge in [0.15, 0.2) is 0 Å². The highest BCUT2D eigenvalue weighted by Crippen LogP contribution is 2.47. The van der Waals surface area contributed by atoms with E-state index in [1.807, 2.05) is 12.1 Å². The molecule has 0 bridgehead atoms. The zero-order valence-corrected chi connectivity index (χ0v) is 10.9. The maximum atomic E-state index is 12.9. The van der Waals surface area contributed by atoms with Gasteiger partial charge in [-0.2, -0.15) is 0 Å². The molecule has 1 saturated carbocycles. The van der Waals surface area contributed by atoms with Crippen LogP contribution in [0.25, 0.3) is 0 Å². The summed E-state index contributed by atoms with van der Waals surface area (Å²) in [5.41, 5.74) is 1.18. The normalized spacial score (nSPS) is 24.2. The average molecular weight is 262 g/mol. The number of nitrogens with one attached hydrogen (secondary N) is 2. The first-order valence-electron chi connectivity index (χ1n) is 6.97. The fraction of sp³-hybridized carbons (Fsp3) is 0.533. The largest absolute Gasteiger partial charge is 0.354 e. The van der Waals surface area contributed by atoms with E-state index in [0.717, 1.165) is 37.8 Å². The molecule has 0 radical (unpaired) electrons. The topological polar surface area (TPSA) is 41.1 Å². The van der Waals surface area contributed by atoms with Crippen LogP contribution in [0, 0.1) is 5.82 Å². The van der Waals surface area contributed by atoms with Crippen LogP contribution < -0.4 is 10.6 Å². The summed E-state index contributed by atoms with van der Waals surface area (Å²) in [6.45, 7) is 1.59. The number of carbonyl (C=O) groups is 1. The Labute approximate surface area is 112 Å². The van der Waals surface area contributed by atoms with Gasteiger partial charge in [0, 0.05) is 12.0 Å². The van der Waals surface area contributed by atoms with Crippen molar-refractivity contribution in [1.29, 1.82) is 0 Å². The summed E-state index contributed by atoms with van der Waals surface area (Å²) in [7, 11) is 0. The molecule has 1 aromatic carbocycles. The maximum Gasteiger partial charge on any atom is 0.237 e. The van der Waals surface area contributed by atoms with Crippen molar-refractivity contribution in [2.75, 3.05) is 13.1 Å². The van der Waals surface area contributed by atoms with Crippen LogP contribution in [0.2, 0.25) is 0 Å². The standard InChI is InChI=1S/C15H19FN2O/c16-12-5-3-11(4-6-12)15(7-8-15)10-18-14(19)13-2-1-9-17-13/h3-6,13,17H,1-2,7-10H2,(H,18,19). The molecule has 1 saturated heterocycles. The Hall–Kier alpha value is -1.42. The summed E-state index contributed by atoms with van der Waals surface area (Å²) in [6.07, 6.45) is 4.13. The maximum absolute atomic E-state index is 12.9. The lowest BCUT2D eigenvalue weighted by atomic mass is 9.96. The molecule has 3 rings (SSSR count). The molecule has 3 nitrogen and oxygen atoms in total. The summed E-state index contributed by atoms with van der Waals surface area (Å²) in [5.74, 6) is -0.107. The first-order valence-corrected chi connectivity index (χ1v) is 6.97. The molecule has 1 heterocycles. The Bertz CT molecular complexity index is 462. The van der Waals surface area contributed by atoms with Crippen LogP contribution in [0.1, 0.15) is 31.2 Å². The van der Waals surface area contributed by atoms with Crippen LogP contribution in [0.15, 0.2) is 24.3 Å². The van der Waals surface area contributed by atoms with Crippen molar-refractivity contribution < 1.29 is 9.18 Å². The van der Waals surface area contributed by atoms with Gasteiger partial charge in [-0.3, -0.25) is 4.79 Å². The van der Waals surface area contributed by atoms with Crippen LogP contribution in [0.3, 0.4) is 0 Å². The minimum atomic E-state index is -0.209. The molecule has 0 spiro atoms. The molecule has 0 aromatic heterocycles. The van der Waals surface area contributed by atoms with Gasteiger partial charge in [-0.1, -0.05) is 12.1 Å². The number of rotatable bonds is 4. The minimum Gasteiger partial charge on any atom is -0.354 e. The lowest BCUT2D eigenvalue weighted by Crippen LogP contribution is -2.43. The first kappa shape index (κ1) is 12.6. The molecular weight excluding hydrogens is 243 g/mol. The van der Waals surface area contributed by atoms with Crippen LogP contribution in [0.4, 0.5) is 4.39 Å². The molecule has 1 atom stereocenters. The summed E-state index contributed by atoms with van der Waals surface area (Å²) >= 11 is 0. The van der Waals surface area contributed by atoms with Crippen molar-refractivity contribution in [3.8, 4) is 0 Å². The number of amides is 1. The monoisotopic (exact) mass is 262 g/mol. The Morgan fingerprint density at radius 3 is 2.68 bits per heavy atom. The van der Waals surface area contributed by atoms with Crippen molar-refractivity contribution in [1.82, 2.24) is 10.6 Å². The third-order valence-electron chi connectivity index (χ3n) is 4.29. The van der Waals surface area contributed by atoms with E-state index >= 15 is 0 Å². The van der Waals surface area contributed by atoms with Crippen molar-refractivity contribution in [3.63, 3.8) is 0 Å². The number of benzene rings is 1. The third-order valence-corrected chi connectivity index (χ3v) is 4.29. The molecule has 19 heavy (non-hydrogen) atoms. The third kappa shape index (κ3) is 2.63. The van der Waals surface area contributed by atoms with Gasteiger partial charge >= 0.3 is 0 Å². The van der Waals surface area contributed by atoms with E-state index in [-0.39, 0.29) is 23.2 Å². The van der Waals surface area contributed by atoms with E-state index in [9.17, 15) is 9.18 Å². The predicted octanol–water partition coefficient (Wildman–Crippen LogP) is 1.73. The van der Waals surface area contributed by atoms with Crippen LogP contribution >= 0.6 is 0 Å². The lowest BCUT2D eigenvalue weighted by molar-refractivity contribution is -0.122. The van der Waals surface area contributed by atoms with Crippen molar-refractivity contribution in [2.45, 2.75) is 37.1 Å². The van der Waals surface area contributed by atoms with Gasteiger partial charge in [0.2, 0.25) is 5.91 Å². The van der Waals surface area contributed by atoms with Crippen LogP contribution in [-0.4, -0.2) is 25.0 Å². The molecule has 4 heteroatoms. The molecule has 1 aliphatic carbocycles. The molecule has 102 valence electrons. The van der Waals surface area contributed by atoms with Gasteiger partial charge in [0.25, 0.3) is 0 Å². The lowest BCUT2D eigenvalue weighted by Gasteiger charge is -2.18. The summed E-state index contributed by atoms with van der Waals surface area (Å²) in [6, 6.07) is 6.64. The fourth-order valence-electron chi connectivity index (χ4n) is 2.81. The number of hydrogen-bond donors (Lipinski definition) is 2. The SMILES string of the molecule is O=C(NCC1(c2ccc(F)cc2)CC1)C1CCCN1. The number of hydrogen-bond acceptors (Lipinski definition) is 2. The van der Waals surface area contributed by atoms with E-state index in [1.54, 1.807) is 0 Å². The molecule has 2 N–H and O–H groups in total. The Balaban J connectivity index is 1.59. The van der Waals surface area contributed by atoms with E-state index in [2.05, 4.69) is 10.6 Å². The summed E-state index contributed by atoms with van der Waals surface area (Å²) < 4.78 is 12.9. The van der Waals surface area contributed by atoms with E-state index in [0.29, 0.717) is 6.54 Å². The number of halogens is 1. The Kier molecular flexibility index (Phi) is 3.27. The molecule has 1 unspecified atom stereocenters. The highest BCUT2D eigenvalue weighted by Gasteiger charge is 2.44. The van der Waals surface area contributed by atoms with Gasteiger partial charge in [0.05, 0.1) is 6.04 Å². The smallest absolute Gasteiger partial charge is 0.237 e. The molecule has 1 aromatic rings. The molecule has 2 fully saturated rings. The zero-order chi connectivity index (χ0) is 13.3. The second-order valence-corrected chi connectivity index (χ2v) is 5.65. The zero-order valence-electron chi connectivity index (χ0n) is 10.9. The average Bonchev–Trinajstić information content (AvgIpc) is 3.01. The van der Waals surface area contributed by atoms with Gasteiger partial charge in [-0.05, 0) is 49.9 Å². The molecule has 2 aliphatic rings. The minimum absolute atomic E-state index is 0.0241. The number of carbonyl (C=O) groups excluding carboxylic acids is 1. The van der Waals surface area contributed by atoms with Gasteiger partial charge in [-0.15, -0.1) is 0 Å². The quantitative estimate of drug-likeness (QED) is 0.867. The summed E-state index contributed by atoms with van der Waals surface area (Å²) in [4.78, 5) is 12.0. The van der Waals surface area contributed by atoms with E-state index in [1.165, 1.54) is 12.1 Å². The van der Waals surface area contributed by atoms with Crippen LogP contribution in [-0.2, 0) is 10.2 Å². The van der Waals surface area contributed by atoms with Crippen molar-refractivity contribution >= 4 is 5.91 Å². The van der Waals surface area contributed by atoms with Crippen LogP contribution in [0.5, 0.6) is 0 Å². The molecule has 1 aliphatic heterocycles. The van der Waals surface area contributed by atoms with E-state index in [4.69, 9.17) is 0 Å². The molecule has 1 amide bonds.